The lowest BCUT2D eigenvalue weighted by atomic mass is 9.77. The summed E-state index contributed by atoms with van der Waals surface area (Å²) in [6, 6.07) is 7.77. The Morgan fingerprint density at radius 2 is 2.18 bits per heavy atom. The molecular formula is C13H16ClNO2. The molecule has 1 N–H and O–H groups in total. The number of nitrogens with one attached hydrogen (secondary N) is 1. The van der Waals surface area contributed by atoms with Gasteiger partial charge < -0.3 is 10.1 Å². The maximum Gasteiger partial charge on any atom is 0.339 e. The maximum absolute atomic E-state index is 11.8. The Morgan fingerprint density at radius 3 is 2.94 bits per heavy atom. The molecule has 17 heavy (non-hydrogen) atoms. The summed E-state index contributed by atoms with van der Waals surface area (Å²) < 4.78 is 5.69. The Balaban J connectivity index is 0.00000108. The summed E-state index contributed by atoms with van der Waals surface area (Å²) in [7, 11) is 0. The van der Waals surface area contributed by atoms with Crippen molar-refractivity contribution in [1.82, 2.24) is 5.32 Å². The van der Waals surface area contributed by atoms with Gasteiger partial charge in [-0.2, -0.15) is 0 Å². The fraction of sp³-hybridized carbons (Fsp3) is 0.462. The minimum absolute atomic E-state index is 0. The first kappa shape index (κ1) is 12.4. The lowest BCUT2D eigenvalue weighted by molar-refractivity contribution is -0.0534. The van der Waals surface area contributed by atoms with Gasteiger partial charge in [-0.25, -0.2) is 4.79 Å². The highest BCUT2D eigenvalue weighted by Crippen LogP contribution is 2.45. The highest BCUT2D eigenvalue weighted by Gasteiger charge is 2.49. The lowest BCUT2D eigenvalue weighted by Crippen LogP contribution is -2.47. The number of ether oxygens (including phenoxy) is 1. The van der Waals surface area contributed by atoms with Gasteiger partial charge >= 0.3 is 5.97 Å². The van der Waals surface area contributed by atoms with Crippen LogP contribution in [0, 0.1) is 5.92 Å². The van der Waals surface area contributed by atoms with Gasteiger partial charge in [-0.15, -0.1) is 12.4 Å². The van der Waals surface area contributed by atoms with Crippen molar-refractivity contribution in [3.8, 4) is 0 Å². The molecule has 0 bridgehead atoms. The number of fused-ring (bicyclic) bond motifs is 2. The molecule has 2 aliphatic heterocycles. The van der Waals surface area contributed by atoms with Gasteiger partial charge in [-0.05, 0) is 12.6 Å². The van der Waals surface area contributed by atoms with Crippen LogP contribution in [0.2, 0.25) is 0 Å². The third kappa shape index (κ3) is 1.65. The van der Waals surface area contributed by atoms with E-state index in [0.717, 1.165) is 30.6 Å². The van der Waals surface area contributed by atoms with Crippen molar-refractivity contribution in [3.05, 3.63) is 35.4 Å². The smallest absolute Gasteiger partial charge is 0.339 e. The van der Waals surface area contributed by atoms with Crippen LogP contribution in [-0.2, 0) is 10.3 Å². The average Bonchev–Trinajstić information content (AvgIpc) is 2.59. The van der Waals surface area contributed by atoms with E-state index in [9.17, 15) is 4.79 Å². The molecule has 0 radical (unpaired) electrons. The minimum Gasteiger partial charge on any atom is -0.450 e. The van der Waals surface area contributed by atoms with E-state index in [4.69, 9.17) is 4.74 Å². The van der Waals surface area contributed by atoms with Crippen LogP contribution in [0.5, 0.6) is 0 Å². The Labute approximate surface area is 107 Å². The number of hydrogen-bond acceptors (Lipinski definition) is 3. The monoisotopic (exact) mass is 253 g/mol. The number of carbonyl (C=O) groups excluding carboxylic acids is 1. The summed E-state index contributed by atoms with van der Waals surface area (Å²) in [5.41, 5.74) is 1.45. The molecule has 1 aromatic rings. The van der Waals surface area contributed by atoms with Crippen LogP contribution >= 0.6 is 12.4 Å². The highest BCUT2D eigenvalue weighted by atomic mass is 35.5. The molecule has 0 aliphatic carbocycles. The molecule has 1 fully saturated rings. The van der Waals surface area contributed by atoms with E-state index in [1.165, 1.54) is 0 Å². The number of piperidine rings is 1. The Bertz CT molecular complexity index is 449. The normalized spacial score (nSPS) is 30.6. The molecule has 0 aromatic heterocycles. The van der Waals surface area contributed by atoms with Gasteiger partial charge in [0, 0.05) is 24.4 Å². The topological polar surface area (TPSA) is 38.3 Å². The van der Waals surface area contributed by atoms with E-state index < -0.39 is 0 Å². The first-order valence-electron chi connectivity index (χ1n) is 5.77. The van der Waals surface area contributed by atoms with Crippen LogP contribution in [0.15, 0.2) is 24.3 Å². The lowest BCUT2D eigenvalue weighted by Gasteiger charge is -2.39. The third-order valence-corrected chi connectivity index (χ3v) is 3.80. The van der Waals surface area contributed by atoms with E-state index in [2.05, 4.69) is 12.2 Å². The van der Waals surface area contributed by atoms with Crippen LogP contribution in [-0.4, -0.2) is 19.1 Å². The van der Waals surface area contributed by atoms with Gasteiger partial charge in [0.05, 0.1) is 5.56 Å². The van der Waals surface area contributed by atoms with Crippen molar-refractivity contribution in [1.29, 1.82) is 0 Å². The van der Waals surface area contributed by atoms with Gasteiger partial charge in [0.15, 0.2) is 0 Å². The second-order valence-electron chi connectivity index (χ2n) is 4.68. The fourth-order valence-corrected chi connectivity index (χ4v) is 2.86. The predicted molar refractivity (Wildman–Crippen MR) is 67.4 cm³/mol. The number of hydrogen-bond donors (Lipinski definition) is 1. The second kappa shape index (κ2) is 4.31. The van der Waals surface area contributed by atoms with Crippen LogP contribution in [0.3, 0.4) is 0 Å². The van der Waals surface area contributed by atoms with Crippen molar-refractivity contribution in [2.75, 3.05) is 13.1 Å². The molecule has 2 atom stereocenters. The number of esters is 1. The molecule has 0 saturated carbocycles. The molecule has 2 heterocycles. The van der Waals surface area contributed by atoms with Crippen molar-refractivity contribution in [2.24, 2.45) is 5.92 Å². The number of benzene rings is 1. The summed E-state index contributed by atoms with van der Waals surface area (Å²) in [4.78, 5) is 11.8. The van der Waals surface area contributed by atoms with Crippen molar-refractivity contribution in [3.63, 3.8) is 0 Å². The summed E-state index contributed by atoms with van der Waals surface area (Å²) in [5, 5.41) is 3.34. The molecule has 1 saturated heterocycles. The van der Waals surface area contributed by atoms with E-state index in [1.807, 2.05) is 24.3 Å². The van der Waals surface area contributed by atoms with Crippen LogP contribution in [0.1, 0.15) is 29.3 Å². The number of halogens is 1. The fourth-order valence-electron chi connectivity index (χ4n) is 2.86. The van der Waals surface area contributed by atoms with E-state index in [-0.39, 0.29) is 24.0 Å². The SMILES string of the molecule is CC1CNCCC12OC(=O)c1ccccc12.Cl. The van der Waals surface area contributed by atoms with Crippen LogP contribution < -0.4 is 5.32 Å². The molecule has 2 unspecified atom stereocenters. The molecule has 1 aromatic carbocycles. The summed E-state index contributed by atoms with van der Waals surface area (Å²) in [5.74, 6) is 0.165. The molecule has 2 aliphatic rings. The van der Waals surface area contributed by atoms with E-state index in [1.54, 1.807) is 0 Å². The minimum atomic E-state index is -0.376. The summed E-state index contributed by atoms with van der Waals surface area (Å²) >= 11 is 0. The van der Waals surface area contributed by atoms with Crippen molar-refractivity contribution >= 4 is 18.4 Å². The predicted octanol–water partition coefficient (Wildman–Crippen LogP) is 2.10. The van der Waals surface area contributed by atoms with Crippen molar-refractivity contribution in [2.45, 2.75) is 18.9 Å². The van der Waals surface area contributed by atoms with Gasteiger partial charge in [-0.3, -0.25) is 0 Å². The van der Waals surface area contributed by atoms with Gasteiger partial charge in [0.2, 0.25) is 0 Å². The first-order valence-corrected chi connectivity index (χ1v) is 5.77. The Morgan fingerprint density at radius 1 is 1.41 bits per heavy atom. The molecule has 3 rings (SSSR count). The zero-order valence-electron chi connectivity index (χ0n) is 9.73. The second-order valence-corrected chi connectivity index (χ2v) is 4.68. The van der Waals surface area contributed by atoms with Crippen molar-refractivity contribution < 1.29 is 9.53 Å². The zero-order valence-corrected chi connectivity index (χ0v) is 10.5. The molecule has 4 heteroatoms. The standard InChI is InChI=1S/C13H15NO2.ClH/c1-9-8-14-7-6-13(9)11-5-3-2-4-10(11)12(15)16-13;/h2-5,9,14H,6-8H2,1H3;1H. The molecular weight excluding hydrogens is 238 g/mol. The number of carbonyl (C=O) groups is 1. The van der Waals surface area contributed by atoms with Crippen LogP contribution in [0.4, 0.5) is 0 Å². The molecule has 0 amide bonds. The van der Waals surface area contributed by atoms with Gasteiger partial charge in [-0.1, -0.05) is 25.1 Å². The molecule has 1 spiro atoms. The highest BCUT2D eigenvalue weighted by molar-refractivity contribution is 5.94. The largest absolute Gasteiger partial charge is 0.450 e. The van der Waals surface area contributed by atoms with Crippen LogP contribution in [0.25, 0.3) is 0 Å². The quantitative estimate of drug-likeness (QED) is 0.720. The number of rotatable bonds is 0. The molecule has 3 nitrogen and oxygen atoms in total. The van der Waals surface area contributed by atoms with Gasteiger partial charge in [0.25, 0.3) is 0 Å². The third-order valence-electron chi connectivity index (χ3n) is 3.80. The van der Waals surface area contributed by atoms with E-state index >= 15 is 0 Å². The molecule has 92 valence electrons. The van der Waals surface area contributed by atoms with Gasteiger partial charge in [0.1, 0.15) is 5.60 Å². The van der Waals surface area contributed by atoms with E-state index in [0.29, 0.717) is 5.92 Å². The first-order chi connectivity index (χ1) is 7.74. The summed E-state index contributed by atoms with van der Waals surface area (Å²) in [6.07, 6.45) is 0.872. The average molecular weight is 254 g/mol. The summed E-state index contributed by atoms with van der Waals surface area (Å²) in [6.45, 7) is 3.95. The maximum atomic E-state index is 11.8. The zero-order chi connectivity index (χ0) is 11.2. The Hall–Kier alpha value is -1.06. The Kier molecular flexibility index (Phi) is 3.15.